The van der Waals surface area contributed by atoms with Crippen LogP contribution in [-0.2, 0) is 19.1 Å². The standard InChI is InChI=1S/C10H15NO6/c1-2-3-11-7-8(14)10(15)17-9(7)6(13)4-16-5-12/h5-6,9,11,13-14H,2-4H2,1H3/t6-,9+/m0/s1. The van der Waals surface area contributed by atoms with Crippen LogP contribution in [-0.4, -0.2) is 48.0 Å². The molecule has 0 unspecified atom stereocenters. The number of aliphatic hydroxyl groups excluding tert-OH is 2. The van der Waals surface area contributed by atoms with E-state index in [4.69, 9.17) is 4.74 Å². The molecule has 0 aromatic carbocycles. The molecule has 0 amide bonds. The average molecular weight is 245 g/mol. The highest BCUT2D eigenvalue weighted by Crippen LogP contribution is 2.21. The van der Waals surface area contributed by atoms with E-state index in [1.165, 1.54) is 0 Å². The zero-order valence-corrected chi connectivity index (χ0v) is 9.38. The molecule has 0 aliphatic carbocycles. The molecular formula is C10H15NO6. The Labute approximate surface area is 98.0 Å². The summed E-state index contributed by atoms with van der Waals surface area (Å²) in [7, 11) is 0. The second kappa shape index (κ2) is 6.09. The Kier molecular flexibility index (Phi) is 4.77. The van der Waals surface area contributed by atoms with E-state index in [1.54, 1.807) is 0 Å². The predicted molar refractivity (Wildman–Crippen MR) is 55.9 cm³/mol. The van der Waals surface area contributed by atoms with Crippen molar-refractivity contribution in [1.82, 2.24) is 5.32 Å². The molecule has 1 aliphatic heterocycles. The van der Waals surface area contributed by atoms with Crippen LogP contribution < -0.4 is 5.32 Å². The van der Waals surface area contributed by atoms with E-state index in [0.29, 0.717) is 6.54 Å². The average Bonchev–Trinajstić information content (AvgIpc) is 2.60. The van der Waals surface area contributed by atoms with Gasteiger partial charge in [0.1, 0.15) is 18.4 Å². The van der Waals surface area contributed by atoms with Crippen LogP contribution in [0.25, 0.3) is 0 Å². The Morgan fingerprint density at radius 1 is 1.65 bits per heavy atom. The van der Waals surface area contributed by atoms with E-state index in [-0.39, 0.29) is 18.8 Å². The van der Waals surface area contributed by atoms with Crippen molar-refractivity contribution < 1.29 is 29.3 Å². The van der Waals surface area contributed by atoms with E-state index in [1.807, 2.05) is 6.92 Å². The number of nitrogens with one attached hydrogen (secondary N) is 1. The zero-order chi connectivity index (χ0) is 12.8. The van der Waals surface area contributed by atoms with Crippen LogP contribution in [0.2, 0.25) is 0 Å². The Morgan fingerprint density at radius 3 is 2.94 bits per heavy atom. The van der Waals surface area contributed by atoms with Gasteiger partial charge in [0.15, 0.2) is 6.10 Å². The third-order valence-corrected chi connectivity index (χ3v) is 2.22. The minimum absolute atomic E-state index is 0.124. The third-order valence-electron chi connectivity index (χ3n) is 2.22. The molecule has 0 radical (unpaired) electrons. The van der Waals surface area contributed by atoms with Gasteiger partial charge < -0.3 is 25.0 Å². The van der Waals surface area contributed by atoms with Gasteiger partial charge in [-0.05, 0) is 6.42 Å². The first-order chi connectivity index (χ1) is 8.11. The summed E-state index contributed by atoms with van der Waals surface area (Å²) < 4.78 is 9.15. The minimum Gasteiger partial charge on any atom is -0.501 e. The first-order valence-electron chi connectivity index (χ1n) is 5.23. The summed E-state index contributed by atoms with van der Waals surface area (Å²) in [5.41, 5.74) is 0.124. The Hall–Kier alpha value is -1.76. The van der Waals surface area contributed by atoms with E-state index in [2.05, 4.69) is 10.1 Å². The van der Waals surface area contributed by atoms with Crippen LogP contribution in [0.3, 0.4) is 0 Å². The zero-order valence-electron chi connectivity index (χ0n) is 9.38. The Morgan fingerprint density at radius 2 is 2.35 bits per heavy atom. The third kappa shape index (κ3) is 3.10. The van der Waals surface area contributed by atoms with Crippen molar-refractivity contribution in [1.29, 1.82) is 0 Å². The molecule has 0 saturated heterocycles. The van der Waals surface area contributed by atoms with Crippen LogP contribution in [0.4, 0.5) is 0 Å². The van der Waals surface area contributed by atoms with Crippen molar-refractivity contribution in [2.24, 2.45) is 0 Å². The maximum absolute atomic E-state index is 11.1. The lowest BCUT2D eigenvalue weighted by Crippen LogP contribution is -2.37. The first kappa shape index (κ1) is 13.3. The largest absolute Gasteiger partial charge is 0.501 e. The fourth-order valence-corrected chi connectivity index (χ4v) is 1.41. The summed E-state index contributed by atoms with van der Waals surface area (Å²) >= 11 is 0. The minimum atomic E-state index is -1.21. The van der Waals surface area contributed by atoms with Crippen molar-refractivity contribution in [2.75, 3.05) is 13.2 Å². The molecule has 96 valence electrons. The number of hydrogen-bond donors (Lipinski definition) is 3. The Balaban J connectivity index is 2.70. The molecule has 2 atom stereocenters. The lowest BCUT2D eigenvalue weighted by molar-refractivity contribution is -0.149. The van der Waals surface area contributed by atoms with Gasteiger partial charge in [0, 0.05) is 6.54 Å². The molecule has 3 N–H and O–H groups in total. The summed E-state index contributed by atoms with van der Waals surface area (Å²) in [5.74, 6) is -1.45. The molecule has 1 rings (SSSR count). The fraction of sp³-hybridized carbons (Fsp3) is 0.600. The number of carbonyl (C=O) groups is 2. The van der Waals surface area contributed by atoms with Crippen LogP contribution in [0.1, 0.15) is 13.3 Å². The highest BCUT2D eigenvalue weighted by atomic mass is 16.6. The number of ether oxygens (including phenoxy) is 2. The van der Waals surface area contributed by atoms with E-state index >= 15 is 0 Å². The lowest BCUT2D eigenvalue weighted by atomic mass is 10.1. The fourth-order valence-electron chi connectivity index (χ4n) is 1.41. The molecule has 0 bridgehead atoms. The second-order valence-corrected chi connectivity index (χ2v) is 3.51. The molecule has 7 nitrogen and oxygen atoms in total. The molecule has 7 heteroatoms. The lowest BCUT2D eigenvalue weighted by Gasteiger charge is -2.19. The van der Waals surface area contributed by atoms with Gasteiger partial charge in [0.2, 0.25) is 5.76 Å². The molecule has 0 aromatic heterocycles. The number of hydrogen-bond acceptors (Lipinski definition) is 7. The summed E-state index contributed by atoms with van der Waals surface area (Å²) in [6.07, 6.45) is -1.47. The van der Waals surface area contributed by atoms with Crippen molar-refractivity contribution >= 4 is 12.4 Å². The van der Waals surface area contributed by atoms with E-state index < -0.39 is 23.9 Å². The molecule has 0 saturated carbocycles. The normalized spacial score (nSPS) is 21.1. The summed E-state index contributed by atoms with van der Waals surface area (Å²) in [6, 6.07) is 0. The van der Waals surface area contributed by atoms with Crippen molar-refractivity contribution in [3.63, 3.8) is 0 Å². The SMILES string of the molecule is CCCNC1=C(O)C(=O)O[C@@H]1[C@@H](O)COC=O. The molecule has 17 heavy (non-hydrogen) atoms. The molecule has 1 heterocycles. The number of carbonyl (C=O) groups excluding carboxylic acids is 2. The highest BCUT2D eigenvalue weighted by molar-refractivity contribution is 5.89. The van der Waals surface area contributed by atoms with Crippen LogP contribution in [0.15, 0.2) is 11.5 Å². The molecule has 0 spiro atoms. The second-order valence-electron chi connectivity index (χ2n) is 3.51. The monoisotopic (exact) mass is 245 g/mol. The van der Waals surface area contributed by atoms with Gasteiger partial charge in [-0.1, -0.05) is 6.92 Å². The summed E-state index contributed by atoms with van der Waals surface area (Å²) in [5, 5.41) is 21.9. The topological polar surface area (TPSA) is 105 Å². The molecule has 0 fully saturated rings. The first-order valence-corrected chi connectivity index (χ1v) is 5.23. The quantitative estimate of drug-likeness (QED) is 0.399. The molecular weight excluding hydrogens is 230 g/mol. The molecule has 0 aromatic rings. The maximum Gasteiger partial charge on any atom is 0.376 e. The van der Waals surface area contributed by atoms with Gasteiger partial charge in [-0.3, -0.25) is 4.79 Å². The summed E-state index contributed by atoms with van der Waals surface area (Å²) in [4.78, 5) is 21.1. The van der Waals surface area contributed by atoms with Gasteiger partial charge in [-0.2, -0.15) is 0 Å². The predicted octanol–water partition coefficient (Wildman–Crippen LogP) is -0.785. The number of aliphatic hydroxyl groups is 2. The highest BCUT2D eigenvalue weighted by Gasteiger charge is 2.39. The van der Waals surface area contributed by atoms with E-state index in [0.717, 1.165) is 6.42 Å². The number of esters is 1. The maximum atomic E-state index is 11.1. The van der Waals surface area contributed by atoms with Gasteiger partial charge >= 0.3 is 5.97 Å². The Bertz CT molecular complexity index is 327. The van der Waals surface area contributed by atoms with Gasteiger partial charge in [0.25, 0.3) is 6.47 Å². The smallest absolute Gasteiger partial charge is 0.376 e. The van der Waals surface area contributed by atoms with Gasteiger partial charge in [-0.15, -0.1) is 0 Å². The van der Waals surface area contributed by atoms with Gasteiger partial charge in [0.05, 0.1) is 0 Å². The van der Waals surface area contributed by atoms with E-state index in [9.17, 15) is 19.8 Å². The van der Waals surface area contributed by atoms with Crippen LogP contribution >= 0.6 is 0 Å². The van der Waals surface area contributed by atoms with Crippen LogP contribution in [0.5, 0.6) is 0 Å². The molecule has 1 aliphatic rings. The number of cyclic esters (lactones) is 1. The number of rotatable bonds is 7. The van der Waals surface area contributed by atoms with Gasteiger partial charge in [-0.25, -0.2) is 4.79 Å². The van der Waals surface area contributed by atoms with Crippen molar-refractivity contribution in [2.45, 2.75) is 25.6 Å². The van der Waals surface area contributed by atoms with Crippen molar-refractivity contribution in [3.8, 4) is 0 Å². The van der Waals surface area contributed by atoms with Crippen LogP contribution in [0, 0.1) is 0 Å². The summed E-state index contributed by atoms with van der Waals surface area (Å²) in [6.45, 7) is 2.30. The van der Waals surface area contributed by atoms with Crippen molar-refractivity contribution in [3.05, 3.63) is 11.5 Å².